The molecule has 0 amide bonds. The lowest BCUT2D eigenvalue weighted by Gasteiger charge is -2.22. The first-order valence-electron chi connectivity index (χ1n) is 7.15. The van der Waals surface area contributed by atoms with Gasteiger partial charge >= 0.3 is 5.97 Å². The van der Waals surface area contributed by atoms with Gasteiger partial charge in [-0.15, -0.1) is 0 Å². The topological polar surface area (TPSA) is 63.1 Å². The predicted molar refractivity (Wildman–Crippen MR) is 73.1 cm³/mol. The molecular weight excluding hydrogens is 240 g/mol. The normalized spacial score (nSPS) is 18.5. The Labute approximate surface area is 114 Å². The second kappa shape index (κ2) is 6.13. The number of hydrogen-bond donors (Lipinski definition) is 1. The number of aromatic nitrogens is 2. The predicted octanol–water partition coefficient (Wildman–Crippen LogP) is 3.35. The fourth-order valence-electron chi connectivity index (χ4n) is 2.86. The average molecular weight is 262 g/mol. The van der Waals surface area contributed by atoms with Gasteiger partial charge in [-0.25, -0.2) is 9.97 Å². The van der Waals surface area contributed by atoms with Crippen molar-refractivity contribution in [2.45, 2.75) is 57.8 Å². The Hall–Kier alpha value is -1.45. The molecular formula is C15H22N2O2. The Morgan fingerprint density at radius 1 is 1.32 bits per heavy atom. The lowest BCUT2D eigenvalue weighted by molar-refractivity contribution is -0.140. The molecule has 0 bridgehead atoms. The zero-order chi connectivity index (χ0) is 13.8. The van der Waals surface area contributed by atoms with Crippen LogP contribution in [0.1, 0.15) is 69.3 Å². The fourth-order valence-corrected chi connectivity index (χ4v) is 2.86. The summed E-state index contributed by atoms with van der Waals surface area (Å²) in [6.45, 7) is 3.80. The molecule has 0 spiro atoms. The van der Waals surface area contributed by atoms with Crippen LogP contribution < -0.4 is 0 Å². The summed E-state index contributed by atoms with van der Waals surface area (Å²) in [5, 5.41) is 9.32. The van der Waals surface area contributed by atoms with E-state index in [-0.39, 0.29) is 5.92 Å². The lowest BCUT2D eigenvalue weighted by Crippen LogP contribution is -2.21. The molecule has 0 aromatic carbocycles. The van der Waals surface area contributed by atoms with Crippen LogP contribution in [-0.2, 0) is 4.79 Å². The second-order valence-corrected chi connectivity index (χ2v) is 5.73. The highest BCUT2D eigenvalue weighted by molar-refractivity contribution is 5.75. The largest absolute Gasteiger partial charge is 0.481 e. The van der Waals surface area contributed by atoms with Gasteiger partial charge in [0.25, 0.3) is 0 Å². The van der Waals surface area contributed by atoms with E-state index in [0.717, 1.165) is 18.5 Å². The molecule has 1 fully saturated rings. The van der Waals surface area contributed by atoms with E-state index in [1.165, 1.54) is 19.3 Å². The third-order valence-electron chi connectivity index (χ3n) is 3.93. The lowest BCUT2D eigenvalue weighted by atomic mass is 9.86. The Balaban J connectivity index is 2.24. The first-order chi connectivity index (χ1) is 9.09. The van der Waals surface area contributed by atoms with Gasteiger partial charge in [0, 0.05) is 17.8 Å². The SMILES string of the molecule is CC(C)C(C(=O)O)c1nccc(C2CCCCC2)n1. The first-order valence-corrected chi connectivity index (χ1v) is 7.15. The number of hydrogen-bond acceptors (Lipinski definition) is 3. The first kappa shape index (κ1) is 14.0. The summed E-state index contributed by atoms with van der Waals surface area (Å²) >= 11 is 0. The number of aliphatic carboxylic acids is 1. The summed E-state index contributed by atoms with van der Waals surface area (Å²) < 4.78 is 0. The molecule has 0 saturated heterocycles. The smallest absolute Gasteiger partial charge is 0.314 e. The molecule has 1 aliphatic rings. The van der Waals surface area contributed by atoms with E-state index in [2.05, 4.69) is 9.97 Å². The Morgan fingerprint density at radius 3 is 2.58 bits per heavy atom. The van der Waals surface area contributed by atoms with Crippen LogP contribution in [0.5, 0.6) is 0 Å². The molecule has 4 heteroatoms. The number of carboxylic acids is 1. The van der Waals surface area contributed by atoms with Gasteiger partial charge in [-0.2, -0.15) is 0 Å². The van der Waals surface area contributed by atoms with E-state index in [4.69, 9.17) is 0 Å². The third kappa shape index (κ3) is 3.31. The molecule has 0 radical (unpaired) electrons. The standard InChI is InChI=1S/C15H22N2O2/c1-10(2)13(15(18)19)14-16-9-8-12(17-14)11-6-4-3-5-7-11/h8-11,13H,3-7H2,1-2H3,(H,18,19). The fraction of sp³-hybridized carbons (Fsp3) is 0.667. The van der Waals surface area contributed by atoms with E-state index in [9.17, 15) is 9.90 Å². The Bertz CT molecular complexity index is 440. The highest BCUT2D eigenvalue weighted by Crippen LogP contribution is 2.32. The molecule has 1 unspecified atom stereocenters. The summed E-state index contributed by atoms with van der Waals surface area (Å²) in [7, 11) is 0. The summed E-state index contributed by atoms with van der Waals surface area (Å²) in [6.07, 6.45) is 7.83. The van der Waals surface area contributed by atoms with Crippen LogP contribution in [0, 0.1) is 5.92 Å². The maximum atomic E-state index is 11.3. The van der Waals surface area contributed by atoms with Gasteiger partial charge in [-0.1, -0.05) is 33.1 Å². The minimum Gasteiger partial charge on any atom is -0.481 e. The summed E-state index contributed by atoms with van der Waals surface area (Å²) in [5.74, 6) is -0.499. The van der Waals surface area contributed by atoms with Crippen LogP contribution >= 0.6 is 0 Å². The second-order valence-electron chi connectivity index (χ2n) is 5.73. The van der Waals surface area contributed by atoms with Crippen LogP contribution in [0.15, 0.2) is 12.3 Å². The molecule has 2 rings (SSSR count). The van der Waals surface area contributed by atoms with Crippen molar-refractivity contribution in [3.05, 3.63) is 23.8 Å². The van der Waals surface area contributed by atoms with Crippen molar-refractivity contribution in [1.82, 2.24) is 9.97 Å². The van der Waals surface area contributed by atoms with E-state index >= 15 is 0 Å². The quantitative estimate of drug-likeness (QED) is 0.903. The van der Waals surface area contributed by atoms with Crippen LogP contribution in [0.2, 0.25) is 0 Å². The monoisotopic (exact) mass is 262 g/mol. The third-order valence-corrected chi connectivity index (χ3v) is 3.93. The molecule has 1 N–H and O–H groups in total. The zero-order valence-corrected chi connectivity index (χ0v) is 11.7. The number of nitrogens with zero attached hydrogens (tertiary/aromatic N) is 2. The summed E-state index contributed by atoms with van der Waals surface area (Å²) in [6, 6.07) is 1.94. The number of rotatable bonds is 4. The Morgan fingerprint density at radius 2 is 2.00 bits per heavy atom. The van der Waals surface area contributed by atoms with Crippen molar-refractivity contribution < 1.29 is 9.90 Å². The van der Waals surface area contributed by atoms with Gasteiger partial charge in [-0.05, 0) is 24.8 Å². The molecule has 19 heavy (non-hydrogen) atoms. The van der Waals surface area contributed by atoms with Crippen molar-refractivity contribution in [3.8, 4) is 0 Å². The van der Waals surface area contributed by atoms with Gasteiger partial charge in [-0.3, -0.25) is 4.79 Å². The Kier molecular flexibility index (Phi) is 4.51. The van der Waals surface area contributed by atoms with Crippen LogP contribution in [0.3, 0.4) is 0 Å². The van der Waals surface area contributed by atoms with Gasteiger partial charge in [0.15, 0.2) is 0 Å². The van der Waals surface area contributed by atoms with Gasteiger partial charge < -0.3 is 5.11 Å². The van der Waals surface area contributed by atoms with Crippen molar-refractivity contribution in [3.63, 3.8) is 0 Å². The minimum atomic E-state index is -0.837. The van der Waals surface area contributed by atoms with Crippen molar-refractivity contribution >= 4 is 5.97 Å². The summed E-state index contributed by atoms with van der Waals surface area (Å²) in [4.78, 5) is 20.1. The van der Waals surface area contributed by atoms with E-state index < -0.39 is 11.9 Å². The molecule has 1 aromatic rings. The molecule has 4 nitrogen and oxygen atoms in total. The van der Waals surface area contributed by atoms with Crippen molar-refractivity contribution in [2.75, 3.05) is 0 Å². The van der Waals surface area contributed by atoms with Gasteiger partial charge in [0.2, 0.25) is 0 Å². The molecule has 1 atom stereocenters. The van der Waals surface area contributed by atoms with E-state index in [1.54, 1.807) is 6.20 Å². The van der Waals surface area contributed by atoms with Crippen LogP contribution in [0.25, 0.3) is 0 Å². The van der Waals surface area contributed by atoms with Gasteiger partial charge in [0.05, 0.1) is 0 Å². The highest BCUT2D eigenvalue weighted by Gasteiger charge is 2.27. The zero-order valence-electron chi connectivity index (χ0n) is 11.7. The van der Waals surface area contributed by atoms with E-state index in [0.29, 0.717) is 11.7 Å². The van der Waals surface area contributed by atoms with Crippen molar-refractivity contribution in [1.29, 1.82) is 0 Å². The maximum absolute atomic E-state index is 11.3. The minimum absolute atomic E-state index is 0.000828. The molecule has 1 saturated carbocycles. The van der Waals surface area contributed by atoms with Crippen LogP contribution in [0.4, 0.5) is 0 Å². The number of carbonyl (C=O) groups is 1. The van der Waals surface area contributed by atoms with Crippen molar-refractivity contribution in [2.24, 2.45) is 5.92 Å². The molecule has 1 heterocycles. The number of carboxylic acid groups (broad SMARTS) is 1. The molecule has 104 valence electrons. The average Bonchev–Trinajstić information content (AvgIpc) is 2.39. The molecule has 1 aliphatic carbocycles. The summed E-state index contributed by atoms with van der Waals surface area (Å²) in [5.41, 5.74) is 1.02. The molecule has 0 aliphatic heterocycles. The highest BCUT2D eigenvalue weighted by atomic mass is 16.4. The maximum Gasteiger partial charge on any atom is 0.314 e. The van der Waals surface area contributed by atoms with Crippen LogP contribution in [-0.4, -0.2) is 21.0 Å². The van der Waals surface area contributed by atoms with E-state index in [1.807, 2.05) is 19.9 Å². The van der Waals surface area contributed by atoms with Gasteiger partial charge in [0.1, 0.15) is 11.7 Å². The molecule has 1 aromatic heterocycles.